The van der Waals surface area contributed by atoms with Gasteiger partial charge in [-0.1, -0.05) is 30.7 Å². The van der Waals surface area contributed by atoms with Crippen molar-refractivity contribution < 1.29 is 9.53 Å². The standard InChI is InChI=1S/C21H21ClN4O2/c1-3-12-28-18-10-6-16(7-11-18)19-13-20(25-24-19)21(27)26-23-14(2)15-4-8-17(22)9-5-15/h4-11,13H,3,12H2,1-2H3,(H,24,25)(H,26,27). The van der Waals surface area contributed by atoms with E-state index in [9.17, 15) is 4.79 Å². The van der Waals surface area contributed by atoms with Gasteiger partial charge >= 0.3 is 0 Å². The van der Waals surface area contributed by atoms with Gasteiger partial charge in [0.2, 0.25) is 0 Å². The Bertz CT molecular complexity index is 963. The fourth-order valence-corrected chi connectivity index (χ4v) is 2.60. The van der Waals surface area contributed by atoms with Crippen LogP contribution >= 0.6 is 11.6 Å². The van der Waals surface area contributed by atoms with Crippen LogP contribution in [0.1, 0.15) is 36.3 Å². The van der Waals surface area contributed by atoms with Crippen molar-refractivity contribution in [2.75, 3.05) is 6.61 Å². The van der Waals surface area contributed by atoms with Gasteiger partial charge in [-0.05, 0) is 61.4 Å². The lowest BCUT2D eigenvalue weighted by Crippen LogP contribution is -2.19. The van der Waals surface area contributed by atoms with Crippen molar-refractivity contribution >= 4 is 23.2 Å². The minimum atomic E-state index is -0.366. The molecule has 0 bridgehead atoms. The van der Waals surface area contributed by atoms with Crippen molar-refractivity contribution in [3.63, 3.8) is 0 Å². The average Bonchev–Trinajstić information content (AvgIpc) is 3.21. The fraction of sp³-hybridized carbons (Fsp3) is 0.190. The molecule has 28 heavy (non-hydrogen) atoms. The molecule has 0 unspecified atom stereocenters. The minimum Gasteiger partial charge on any atom is -0.494 e. The summed E-state index contributed by atoms with van der Waals surface area (Å²) in [5.41, 5.74) is 5.97. The van der Waals surface area contributed by atoms with Crippen LogP contribution in [-0.2, 0) is 0 Å². The second kappa shape index (κ2) is 9.19. The Hall–Kier alpha value is -3.12. The zero-order valence-electron chi connectivity index (χ0n) is 15.7. The number of halogens is 1. The van der Waals surface area contributed by atoms with Crippen LogP contribution in [0.4, 0.5) is 0 Å². The number of amides is 1. The van der Waals surface area contributed by atoms with Crippen LogP contribution < -0.4 is 10.2 Å². The first-order valence-corrected chi connectivity index (χ1v) is 9.34. The number of H-pyrrole nitrogens is 1. The van der Waals surface area contributed by atoms with Gasteiger partial charge in [0, 0.05) is 10.6 Å². The van der Waals surface area contributed by atoms with Crippen molar-refractivity contribution in [3.05, 3.63) is 70.9 Å². The quantitative estimate of drug-likeness (QED) is 0.449. The highest BCUT2D eigenvalue weighted by Crippen LogP contribution is 2.21. The molecule has 0 saturated heterocycles. The molecule has 144 valence electrons. The lowest BCUT2D eigenvalue weighted by Gasteiger charge is -2.04. The van der Waals surface area contributed by atoms with Crippen LogP contribution in [0.3, 0.4) is 0 Å². The molecule has 1 amide bonds. The number of rotatable bonds is 7. The van der Waals surface area contributed by atoms with Crippen molar-refractivity contribution in [2.24, 2.45) is 5.10 Å². The summed E-state index contributed by atoms with van der Waals surface area (Å²) in [6.45, 7) is 4.55. The Kier molecular flexibility index (Phi) is 6.45. The SMILES string of the molecule is CCCOc1ccc(-c2cc(C(=O)NN=C(C)c3ccc(Cl)cc3)[nH]n2)cc1. The van der Waals surface area contributed by atoms with Crippen molar-refractivity contribution in [2.45, 2.75) is 20.3 Å². The van der Waals surface area contributed by atoms with E-state index in [1.807, 2.05) is 43.3 Å². The molecule has 7 heteroatoms. The maximum Gasteiger partial charge on any atom is 0.289 e. The summed E-state index contributed by atoms with van der Waals surface area (Å²) in [5.74, 6) is 0.445. The van der Waals surface area contributed by atoms with Gasteiger partial charge in [-0.3, -0.25) is 9.89 Å². The van der Waals surface area contributed by atoms with E-state index in [1.165, 1.54) is 0 Å². The molecule has 0 spiro atoms. The number of hydrogen-bond donors (Lipinski definition) is 2. The molecular weight excluding hydrogens is 376 g/mol. The number of aromatic amines is 1. The number of hydrogen-bond acceptors (Lipinski definition) is 4. The third-order valence-electron chi connectivity index (χ3n) is 4.03. The highest BCUT2D eigenvalue weighted by molar-refractivity contribution is 6.30. The number of nitrogens with zero attached hydrogens (tertiary/aromatic N) is 2. The molecule has 3 rings (SSSR count). The summed E-state index contributed by atoms with van der Waals surface area (Å²) < 4.78 is 5.57. The van der Waals surface area contributed by atoms with Gasteiger partial charge in [-0.2, -0.15) is 10.2 Å². The van der Waals surface area contributed by atoms with Crippen molar-refractivity contribution in [1.82, 2.24) is 15.6 Å². The lowest BCUT2D eigenvalue weighted by molar-refractivity contribution is 0.0950. The van der Waals surface area contributed by atoms with Crippen LogP contribution in [0.25, 0.3) is 11.3 Å². The number of nitrogens with one attached hydrogen (secondary N) is 2. The van der Waals surface area contributed by atoms with Crippen LogP contribution in [-0.4, -0.2) is 28.4 Å². The van der Waals surface area contributed by atoms with Gasteiger partial charge < -0.3 is 4.74 Å². The number of hydrazone groups is 1. The molecule has 1 aromatic heterocycles. The maximum absolute atomic E-state index is 12.3. The first kappa shape index (κ1) is 19.6. The zero-order valence-corrected chi connectivity index (χ0v) is 16.5. The maximum atomic E-state index is 12.3. The van der Waals surface area contributed by atoms with E-state index >= 15 is 0 Å². The van der Waals surface area contributed by atoms with Gasteiger partial charge in [0.15, 0.2) is 0 Å². The minimum absolute atomic E-state index is 0.328. The van der Waals surface area contributed by atoms with Crippen LogP contribution in [0.15, 0.2) is 59.7 Å². The predicted molar refractivity (Wildman–Crippen MR) is 111 cm³/mol. The van der Waals surface area contributed by atoms with E-state index in [2.05, 4.69) is 27.6 Å². The van der Waals surface area contributed by atoms with Crippen LogP contribution in [0.5, 0.6) is 5.75 Å². The summed E-state index contributed by atoms with van der Waals surface area (Å²) in [6, 6.07) is 16.5. The van der Waals surface area contributed by atoms with Crippen LogP contribution in [0.2, 0.25) is 5.02 Å². The first-order chi connectivity index (χ1) is 13.6. The normalized spacial score (nSPS) is 11.3. The van der Waals surface area contributed by atoms with E-state index in [0.717, 1.165) is 23.3 Å². The Balaban J connectivity index is 1.65. The lowest BCUT2D eigenvalue weighted by atomic mass is 10.1. The molecule has 0 saturated carbocycles. The molecule has 2 N–H and O–H groups in total. The number of benzene rings is 2. The van der Waals surface area contributed by atoms with Gasteiger partial charge in [0.05, 0.1) is 18.0 Å². The Morgan fingerprint density at radius 3 is 2.57 bits per heavy atom. The van der Waals surface area contributed by atoms with E-state index in [4.69, 9.17) is 16.3 Å². The second-order valence-corrected chi connectivity index (χ2v) is 6.62. The molecule has 0 aliphatic carbocycles. The zero-order chi connectivity index (χ0) is 19.9. The molecule has 0 aliphatic heterocycles. The summed E-state index contributed by atoms with van der Waals surface area (Å²) in [4.78, 5) is 12.3. The third kappa shape index (κ3) is 4.98. The van der Waals surface area contributed by atoms with E-state index in [1.54, 1.807) is 18.2 Å². The molecule has 1 heterocycles. The molecule has 0 aliphatic rings. The average molecular weight is 397 g/mol. The predicted octanol–water partition coefficient (Wildman–Crippen LogP) is 4.67. The molecule has 3 aromatic rings. The van der Waals surface area contributed by atoms with Gasteiger partial charge in [-0.25, -0.2) is 5.43 Å². The van der Waals surface area contributed by atoms with Gasteiger partial charge in [0.25, 0.3) is 5.91 Å². The Labute approximate surface area is 168 Å². The van der Waals surface area contributed by atoms with E-state index in [-0.39, 0.29) is 5.91 Å². The number of carbonyl (C=O) groups excluding carboxylic acids is 1. The van der Waals surface area contributed by atoms with E-state index in [0.29, 0.717) is 28.7 Å². The fourth-order valence-electron chi connectivity index (χ4n) is 2.48. The molecule has 2 aromatic carbocycles. The summed E-state index contributed by atoms with van der Waals surface area (Å²) in [5, 5.41) is 11.7. The molecule has 0 radical (unpaired) electrons. The Morgan fingerprint density at radius 1 is 1.18 bits per heavy atom. The highest BCUT2D eigenvalue weighted by Gasteiger charge is 2.11. The summed E-state index contributed by atoms with van der Waals surface area (Å²) >= 11 is 5.88. The van der Waals surface area contributed by atoms with Crippen molar-refractivity contribution in [3.8, 4) is 17.0 Å². The summed E-state index contributed by atoms with van der Waals surface area (Å²) in [7, 11) is 0. The second-order valence-electron chi connectivity index (χ2n) is 6.18. The number of aromatic nitrogens is 2. The Morgan fingerprint density at radius 2 is 1.89 bits per heavy atom. The summed E-state index contributed by atoms with van der Waals surface area (Å²) in [6.07, 6.45) is 0.958. The first-order valence-electron chi connectivity index (χ1n) is 8.96. The van der Waals surface area contributed by atoms with Gasteiger partial charge in [0.1, 0.15) is 11.4 Å². The van der Waals surface area contributed by atoms with Crippen molar-refractivity contribution in [1.29, 1.82) is 0 Å². The third-order valence-corrected chi connectivity index (χ3v) is 4.28. The molecular formula is C21H21ClN4O2. The molecule has 0 atom stereocenters. The smallest absolute Gasteiger partial charge is 0.289 e. The monoisotopic (exact) mass is 396 g/mol. The van der Waals surface area contributed by atoms with Crippen LogP contribution in [0, 0.1) is 0 Å². The number of carbonyl (C=O) groups is 1. The topological polar surface area (TPSA) is 79.4 Å². The van der Waals surface area contributed by atoms with Gasteiger partial charge in [-0.15, -0.1) is 0 Å². The van der Waals surface area contributed by atoms with E-state index < -0.39 is 0 Å². The largest absolute Gasteiger partial charge is 0.494 e. The molecule has 6 nitrogen and oxygen atoms in total. The highest BCUT2D eigenvalue weighted by atomic mass is 35.5. The molecule has 0 fully saturated rings. The number of ether oxygens (including phenoxy) is 1.